The number of hydrogen-bond donors (Lipinski definition) is 1. The highest BCUT2D eigenvalue weighted by atomic mass is 16.5. The van der Waals surface area contributed by atoms with Crippen LogP contribution in [0.5, 0.6) is 5.75 Å². The SMILES string of the molecule is CC(C)C[C@@H](NC(=O)c1ccccc1OCc1ncc(C(C)(C)C)o1)C(=O)N(C)CC1CCOC1. The third-order valence-corrected chi connectivity index (χ3v) is 6.02. The largest absolute Gasteiger partial charge is 0.483 e. The van der Waals surface area contributed by atoms with Gasteiger partial charge < -0.3 is 24.1 Å². The molecule has 1 saturated heterocycles. The summed E-state index contributed by atoms with van der Waals surface area (Å²) in [4.78, 5) is 32.5. The molecular formula is C27H39N3O5. The molecule has 0 radical (unpaired) electrons. The number of ether oxygens (including phenoxy) is 2. The molecule has 8 nitrogen and oxygen atoms in total. The fraction of sp³-hybridized carbons (Fsp3) is 0.593. The van der Waals surface area contributed by atoms with Crippen molar-refractivity contribution >= 4 is 11.8 Å². The van der Waals surface area contributed by atoms with E-state index in [9.17, 15) is 9.59 Å². The maximum absolute atomic E-state index is 13.3. The zero-order valence-electron chi connectivity index (χ0n) is 21.8. The van der Waals surface area contributed by atoms with E-state index in [-0.39, 0.29) is 29.8 Å². The van der Waals surface area contributed by atoms with Gasteiger partial charge in [0.25, 0.3) is 5.91 Å². The first kappa shape index (κ1) is 26.7. The molecule has 3 rings (SSSR count). The van der Waals surface area contributed by atoms with Gasteiger partial charge in [-0.1, -0.05) is 46.8 Å². The van der Waals surface area contributed by atoms with Crippen LogP contribution in [0.4, 0.5) is 0 Å². The van der Waals surface area contributed by atoms with Crippen molar-refractivity contribution in [3.8, 4) is 5.75 Å². The molecule has 0 spiro atoms. The first-order valence-electron chi connectivity index (χ1n) is 12.3. The summed E-state index contributed by atoms with van der Waals surface area (Å²) < 4.78 is 17.1. The molecule has 2 aromatic rings. The molecule has 0 aliphatic carbocycles. The summed E-state index contributed by atoms with van der Waals surface area (Å²) in [6.07, 6.45) is 3.20. The Morgan fingerprint density at radius 2 is 2.00 bits per heavy atom. The van der Waals surface area contributed by atoms with E-state index in [4.69, 9.17) is 13.9 Å². The number of amides is 2. The molecule has 2 atom stereocenters. The van der Waals surface area contributed by atoms with Crippen molar-refractivity contribution in [1.82, 2.24) is 15.2 Å². The van der Waals surface area contributed by atoms with Crippen molar-refractivity contribution in [1.29, 1.82) is 0 Å². The van der Waals surface area contributed by atoms with Gasteiger partial charge in [0.1, 0.15) is 17.6 Å². The van der Waals surface area contributed by atoms with Gasteiger partial charge in [-0.25, -0.2) is 4.98 Å². The monoisotopic (exact) mass is 485 g/mol. The molecule has 2 heterocycles. The number of carbonyl (C=O) groups excluding carboxylic acids is 2. The third kappa shape index (κ3) is 7.56. The Kier molecular flexibility index (Phi) is 8.94. The lowest BCUT2D eigenvalue weighted by Crippen LogP contribution is -2.49. The van der Waals surface area contributed by atoms with Crippen LogP contribution in [0.25, 0.3) is 0 Å². The van der Waals surface area contributed by atoms with E-state index >= 15 is 0 Å². The number of para-hydroxylation sites is 1. The fourth-order valence-corrected chi connectivity index (χ4v) is 4.04. The topological polar surface area (TPSA) is 93.9 Å². The Balaban J connectivity index is 1.68. The predicted molar refractivity (Wildman–Crippen MR) is 133 cm³/mol. The van der Waals surface area contributed by atoms with E-state index < -0.39 is 6.04 Å². The van der Waals surface area contributed by atoms with E-state index in [1.54, 1.807) is 42.4 Å². The lowest BCUT2D eigenvalue weighted by Gasteiger charge is -2.27. The Bertz CT molecular complexity index is 989. The van der Waals surface area contributed by atoms with Crippen LogP contribution in [0, 0.1) is 11.8 Å². The Morgan fingerprint density at radius 1 is 1.26 bits per heavy atom. The number of likely N-dealkylation sites (N-methyl/N-ethyl adjacent to an activating group) is 1. The number of hydrogen-bond acceptors (Lipinski definition) is 6. The zero-order chi connectivity index (χ0) is 25.6. The molecule has 1 N–H and O–H groups in total. The molecule has 1 aliphatic heterocycles. The van der Waals surface area contributed by atoms with E-state index in [0.29, 0.717) is 42.7 Å². The van der Waals surface area contributed by atoms with Crippen molar-refractivity contribution in [3.05, 3.63) is 47.7 Å². The predicted octanol–water partition coefficient (Wildman–Crippen LogP) is 4.19. The minimum atomic E-state index is -0.621. The van der Waals surface area contributed by atoms with Crippen molar-refractivity contribution in [3.63, 3.8) is 0 Å². The maximum Gasteiger partial charge on any atom is 0.255 e. The molecule has 0 saturated carbocycles. The van der Waals surface area contributed by atoms with Gasteiger partial charge in [-0.3, -0.25) is 9.59 Å². The molecule has 2 amide bonds. The number of oxazole rings is 1. The fourth-order valence-electron chi connectivity index (χ4n) is 4.04. The summed E-state index contributed by atoms with van der Waals surface area (Å²) >= 11 is 0. The minimum Gasteiger partial charge on any atom is -0.483 e. The highest BCUT2D eigenvalue weighted by Gasteiger charge is 2.28. The van der Waals surface area contributed by atoms with Crippen LogP contribution >= 0.6 is 0 Å². The quantitative estimate of drug-likeness (QED) is 0.542. The standard InChI is InChI=1S/C27H39N3O5/c1-18(2)13-21(26(32)30(6)15-19-11-12-33-16-19)29-25(31)20-9-7-8-10-22(20)34-17-24-28-14-23(35-24)27(3,4)5/h7-10,14,18-19,21H,11-13,15-17H2,1-6H3,(H,29,31)/t19?,21-/m1/s1. The highest BCUT2D eigenvalue weighted by Crippen LogP contribution is 2.24. The van der Waals surface area contributed by atoms with Gasteiger partial charge in [0, 0.05) is 31.5 Å². The van der Waals surface area contributed by atoms with Gasteiger partial charge in [-0.05, 0) is 30.9 Å². The van der Waals surface area contributed by atoms with Crippen molar-refractivity contribution in [2.24, 2.45) is 11.8 Å². The van der Waals surface area contributed by atoms with Crippen LogP contribution in [0.15, 0.2) is 34.9 Å². The summed E-state index contributed by atoms with van der Waals surface area (Å²) in [5.41, 5.74) is 0.211. The molecule has 1 fully saturated rings. The summed E-state index contributed by atoms with van der Waals surface area (Å²) in [6, 6.07) is 6.38. The normalized spacial score (nSPS) is 16.8. The second kappa shape index (κ2) is 11.7. The van der Waals surface area contributed by atoms with Gasteiger partial charge >= 0.3 is 0 Å². The molecule has 1 aromatic heterocycles. The van der Waals surface area contributed by atoms with Crippen LogP contribution in [-0.4, -0.2) is 54.5 Å². The first-order valence-corrected chi connectivity index (χ1v) is 12.3. The van der Waals surface area contributed by atoms with E-state index in [0.717, 1.165) is 18.8 Å². The zero-order valence-corrected chi connectivity index (χ0v) is 21.8. The van der Waals surface area contributed by atoms with E-state index in [2.05, 4.69) is 10.3 Å². The second-order valence-electron chi connectivity index (χ2n) is 10.8. The smallest absolute Gasteiger partial charge is 0.255 e. The summed E-state index contributed by atoms with van der Waals surface area (Å²) in [7, 11) is 1.79. The van der Waals surface area contributed by atoms with Gasteiger partial charge in [0.15, 0.2) is 6.61 Å². The van der Waals surface area contributed by atoms with E-state index in [1.165, 1.54) is 0 Å². The van der Waals surface area contributed by atoms with Gasteiger partial charge in [-0.15, -0.1) is 0 Å². The number of nitrogens with zero attached hydrogens (tertiary/aromatic N) is 2. The highest BCUT2D eigenvalue weighted by molar-refractivity contribution is 5.99. The molecule has 1 unspecified atom stereocenters. The van der Waals surface area contributed by atoms with Crippen LogP contribution < -0.4 is 10.1 Å². The number of nitrogens with one attached hydrogen (secondary N) is 1. The molecule has 0 bridgehead atoms. The molecule has 192 valence electrons. The summed E-state index contributed by atoms with van der Waals surface area (Å²) in [6.45, 7) is 12.3. The van der Waals surface area contributed by atoms with Crippen molar-refractivity contribution in [2.75, 3.05) is 26.8 Å². The van der Waals surface area contributed by atoms with Crippen LogP contribution in [-0.2, 0) is 21.6 Å². The second-order valence-corrected chi connectivity index (χ2v) is 10.8. The molecule has 35 heavy (non-hydrogen) atoms. The van der Waals surface area contributed by atoms with Crippen LogP contribution in [0.2, 0.25) is 0 Å². The lowest BCUT2D eigenvalue weighted by atomic mass is 9.94. The number of benzene rings is 1. The first-order chi connectivity index (χ1) is 16.5. The molecule has 8 heteroatoms. The van der Waals surface area contributed by atoms with Gasteiger partial charge in [0.2, 0.25) is 11.8 Å². The number of carbonyl (C=O) groups is 2. The van der Waals surface area contributed by atoms with E-state index in [1.807, 2.05) is 34.6 Å². The Labute approximate surface area is 208 Å². The molecule has 1 aliphatic rings. The average molecular weight is 486 g/mol. The van der Waals surface area contributed by atoms with Crippen molar-refractivity contribution < 1.29 is 23.5 Å². The van der Waals surface area contributed by atoms with Crippen molar-refractivity contribution in [2.45, 2.75) is 65.5 Å². The van der Waals surface area contributed by atoms with Crippen LogP contribution in [0.3, 0.4) is 0 Å². The third-order valence-electron chi connectivity index (χ3n) is 6.02. The maximum atomic E-state index is 13.3. The average Bonchev–Trinajstić information content (AvgIpc) is 3.48. The minimum absolute atomic E-state index is 0.0909. The van der Waals surface area contributed by atoms with Gasteiger partial charge in [0.05, 0.1) is 18.4 Å². The molecule has 1 aromatic carbocycles. The summed E-state index contributed by atoms with van der Waals surface area (Å²) in [5, 5.41) is 2.95. The summed E-state index contributed by atoms with van der Waals surface area (Å²) in [5.74, 6) is 1.75. The Hall–Kier alpha value is -2.87. The Morgan fingerprint density at radius 3 is 2.63 bits per heavy atom. The van der Waals surface area contributed by atoms with Crippen LogP contribution in [0.1, 0.15) is 69.5 Å². The van der Waals surface area contributed by atoms with Gasteiger partial charge in [-0.2, -0.15) is 0 Å². The number of aromatic nitrogens is 1. The lowest BCUT2D eigenvalue weighted by molar-refractivity contribution is -0.132. The molecular weight excluding hydrogens is 446 g/mol. The number of rotatable bonds is 10.